The highest BCUT2D eigenvalue weighted by Crippen LogP contribution is 2.22. The molecule has 1 aliphatic rings. The van der Waals surface area contributed by atoms with Crippen molar-refractivity contribution in [2.45, 2.75) is 32.7 Å². The number of amides is 1. The Morgan fingerprint density at radius 2 is 1.79 bits per heavy atom. The summed E-state index contributed by atoms with van der Waals surface area (Å²) < 4.78 is 1.53. The lowest BCUT2D eigenvalue weighted by molar-refractivity contribution is 0.0458. The average molecular weight is 377 g/mol. The first-order chi connectivity index (χ1) is 13.3. The van der Waals surface area contributed by atoms with Gasteiger partial charge in [-0.15, -0.1) is 0 Å². The van der Waals surface area contributed by atoms with Crippen molar-refractivity contribution in [3.8, 4) is 0 Å². The molecule has 0 saturated carbocycles. The van der Waals surface area contributed by atoms with Gasteiger partial charge in [-0.25, -0.2) is 4.68 Å². The zero-order chi connectivity index (χ0) is 19.9. The zero-order valence-electron chi connectivity index (χ0n) is 16.3. The Kier molecular flexibility index (Phi) is 4.45. The molecule has 1 aliphatic heterocycles. The number of aromatic nitrogens is 4. The maximum atomic E-state index is 12.7. The fourth-order valence-corrected chi connectivity index (χ4v) is 3.35. The van der Waals surface area contributed by atoms with E-state index >= 15 is 0 Å². The van der Waals surface area contributed by atoms with Gasteiger partial charge in [0.15, 0.2) is 0 Å². The number of rotatable bonds is 3. The van der Waals surface area contributed by atoms with Gasteiger partial charge in [-0.2, -0.15) is 5.10 Å². The molecular weight excluding hydrogens is 354 g/mol. The van der Waals surface area contributed by atoms with E-state index in [1.54, 1.807) is 41.6 Å². The molecule has 1 saturated heterocycles. The molecule has 7 nitrogen and oxygen atoms in total. The van der Waals surface area contributed by atoms with Gasteiger partial charge in [0.05, 0.1) is 23.3 Å². The minimum absolute atomic E-state index is 0.0208. The van der Waals surface area contributed by atoms with Crippen molar-refractivity contribution in [3.05, 3.63) is 64.3 Å². The molecule has 0 radical (unpaired) electrons. The van der Waals surface area contributed by atoms with Gasteiger partial charge >= 0.3 is 0 Å². The fraction of sp³-hybridized carbons (Fsp3) is 0.381. The first-order valence-corrected chi connectivity index (χ1v) is 9.40. The summed E-state index contributed by atoms with van der Waals surface area (Å²) in [7, 11) is 0. The molecule has 0 aliphatic carbocycles. The Bertz CT molecular complexity index is 1090. The number of fused-ring (bicyclic) bond motifs is 1. The van der Waals surface area contributed by atoms with E-state index in [2.05, 4.69) is 35.8 Å². The third kappa shape index (κ3) is 3.52. The van der Waals surface area contributed by atoms with Gasteiger partial charge in [0.1, 0.15) is 0 Å². The molecule has 144 valence electrons. The van der Waals surface area contributed by atoms with Crippen molar-refractivity contribution in [1.29, 1.82) is 0 Å². The summed E-state index contributed by atoms with van der Waals surface area (Å²) in [4.78, 5) is 35.1. The lowest BCUT2D eigenvalue weighted by Gasteiger charge is -2.39. The van der Waals surface area contributed by atoms with E-state index in [-0.39, 0.29) is 22.8 Å². The Hall–Kier alpha value is -3.09. The summed E-state index contributed by atoms with van der Waals surface area (Å²) in [6.07, 6.45) is 3.25. The highest BCUT2D eigenvalue weighted by Gasteiger charge is 2.32. The third-order valence-electron chi connectivity index (χ3n) is 5.03. The standard InChI is InChI=1S/C21H23N5O2/c1-21(2,3)18-6-7-19(27)26(24-18)13-14-11-25(12-14)20(28)15-4-5-16-17(10-15)23-9-8-22-16/h4-10,14H,11-13H2,1-3H3. The van der Waals surface area contributed by atoms with Crippen molar-refractivity contribution in [1.82, 2.24) is 24.6 Å². The molecule has 3 aromatic rings. The number of carbonyl (C=O) groups is 1. The van der Waals surface area contributed by atoms with E-state index in [1.165, 1.54) is 4.68 Å². The maximum absolute atomic E-state index is 12.7. The lowest BCUT2D eigenvalue weighted by atomic mass is 9.92. The van der Waals surface area contributed by atoms with Crippen LogP contribution in [0.1, 0.15) is 36.8 Å². The van der Waals surface area contributed by atoms with Crippen molar-refractivity contribution in [2.75, 3.05) is 13.1 Å². The molecule has 7 heteroatoms. The molecule has 1 aromatic carbocycles. The van der Waals surface area contributed by atoms with Crippen LogP contribution in [0.2, 0.25) is 0 Å². The monoisotopic (exact) mass is 377 g/mol. The van der Waals surface area contributed by atoms with Crippen LogP contribution in [0.3, 0.4) is 0 Å². The van der Waals surface area contributed by atoms with Crippen LogP contribution >= 0.6 is 0 Å². The normalized spacial score (nSPS) is 14.9. The van der Waals surface area contributed by atoms with Crippen LogP contribution in [0.25, 0.3) is 11.0 Å². The highest BCUT2D eigenvalue weighted by molar-refractivity contribution is 5.97. The quantitative estimate of drug-likeness (QED) is 0.699. The summed E-state index contributed by atoms with van der Waals surface area (Å²) in [6, 6.07) is 8.74. The molecule has 0 spiro atoms. The molecule has 0 N–H and O–H groups in total. The van der Waals surface area contributed by atoms with E-state index in [1.807, 2.05) is 6.07 Å². The second-order valence-electron chi connectivity index (χ2n) is 8.32. The molecule has 3 heterocycles. The Balaban J connectivity index is 1.43. The lowest BCUT2D eigenvalue weighted by Crippen LogP contribution is -2.52. The minimum Gasteiger partial charge on any atom is -0.338 e. The minimum atomic E-state index is -0.115. The summed E-state index contributed by atoms with van der Waals surface area (Å²) >= 11 is 0. The zero-order valence-corrected chi connectivity index (χ0v) is 16.3. The fourth-order valence-electron chi connectivity index (χ4n) is 3.35. The van der Waals surface area contributed by atoms with Crippen molar-refractivity contribution in [3.63, 3.8) is 0 Å². The molecule has 0 unspecified atom stereocenters. The van der Waals surface area contributed by atoms with Gasteiger partial charge in [-0.3, -0.25) is 19.6 Å². The second kappa shape index (κ2) is 6.82. The van der Waals surface area contributed by atoms with Crippen LogP contribution in [0, 0.1) is 5.92 Å². The first-order valence-electron chi connectivity index (χ1n) is 9.40. The molecular formula is C21H23N5O2. The number of benzene rings is 1. The molecule has 2 aromatic heterocycles. The van der Waals surface area contributed by atoms with Crippen molar-refractivity contribution < 1.29 is 4.79 Å². The van der Waals surface area contributed by atoms with Crippen LogP contribution in [0.5, 0.6) is 0 Å². The summed E-state index contributed by atoms with van der Waals surface area (Å²) in [5.74, 6) is 0.206. The Morgan fingerprint density at radius 1 is 1.07 bits per heavy atom. The third-order valence-corrected chi connectivity index (χ3v) is 5.03. The van der Waals surface area contributed by atoms with E-state index in [4.69, 9.17) is 0 Å². The number of nitrogens with zero attached hydrogens (tertiary/aromatic N) is 5. The molecule has 1 amide bonds. The Labute approximate surface area is 163 Å². The average Bonchev–Trinajstić information content (AvgIpc) is 2.63. The summed E-state index contributed by atoms with van der Waals surface area (Å²) in [6.45, 7) is 7.97. The SMILES string of the molecule is CC(C)(C)c1ccc(=O)n(CC2CN(C(=O)c3ccc4nccnc4c3)C2)n1. The van der Waals surface area contributed by atoms with Crippen molar-refractivity contribution in [2.24, 2.45) is 5.92 Å². The molecule has 0 atom stereocenters. The number of carbonyl (C=O) groups excluding carboxylic acids is 1. The summed E-state index contributed by atoms with van der Waals surface area (Å²) in [5.41, 5.74) is 2.75. The highest BCUT2D eigenvalue weighted by atomic mass is 16.2. The van der Waals surface area contributed by atoms with Crippen LogP contribution < -0.4 is 5.56 Å². The number of hydrogen-bond donors (Lipinski definition) is 0. The summed E-state index contributed by atoms with van der Waals surface area (Å²) in [5, 5.41) is 4.51. The van der Waals surface area contributed by atoms with Gasteiger partial charge < -0.3 is 4.90 Å². The Morgan fingerprint density at radius 3 is 2.50 bits per heavy atom. The van der Waals surface area contributed by atoms with E-state index < -0.39 is 0 Å². The van der Waals surface area contributed by atoms with Crippen LogP contribution in [-0.2, 0) is 12.0 Å². The molecule has 1 fully saturated rings. The van der Waals surface area contributed by atoms with Crippen LogP contribution in [-0.4, -0.2) is 43.6 Å². The van der Waals surface area contributed by atoms with Gasteiger partial charge in [0, 0.05) is 48.4 Å². The van der Waals surface area contributed by atoms with Crippen molar-refractivity contribution >= 4 is 16.9 Å². The van der Waals surface area contributed by atoms with E-state index in [0.717, 1.165) is 11.2 Å². The van der Waals surface area contributed by atoms with Crippen LogP contribution in [0.15, 0.2) is 47.5 Å². The van der Waals surface area contributed by atoms with E-state index in [0.29, 0.717) is 30.7 Å². The smallest absolute Gasteiger partial charge is 0.266 e. The number of likely N-dealkylation sites (tertiary alicyclic amines) is 1. The largest absolute Gasteiger partial charge is 0.338 e. The maximum Gasteiger partial charge on any atom is 0.266 e. The van der Waals surface area contributed by atoms with Gasteiger partial charge in [0.2, 0.25) is 0 Å². The first kappa shape index (κ1) is 18.3. The molecule has 4 rings (SSSR count). The van der Waals surface area contributed by atoms with Crippen LogP contribution in [0.4, 0.5) is 0 Å². The van der Waals surface area contributed by atoms with Gasteiger partial charge in [0.25, 0.3) is 11.5 Å². The van der Waals surface area contributed by atoms with Gasteiger partial charge in [-0.05, 0) is 24.3 Å². The van der Waals surface area contributed by atoms with E-state index in [9.17, 15) is 9.59 Å². The van der Waals surface area contributed by atoms with Gasteiger partial charge in [-0.1, -0.05) is 20.8 Å². The predicted octanol–water partition coefficient (Wildman–Crippen LogP) is 2.26. The molecule has 28 heavy (non-hydrogen) atoms. The topological polar surface area (TPSA) is 81.0 Å². The molecule has 0 bridgehead atoms. The number of hydrogen-bond acceptors (Lipinski definition) is 5. The second-order valence-corrected chi connectivity index (χ2v) is 8.32. The predicted molar refractivity (Wildman–Crippen MR) is 106 cm³/mol.